The summed E-state index contributed by atoms with van der Waals surface area (Å²) in [6.07, 6.45) is 0. The number of hydrogen-bond acceptors (Lipinski definition) is 2. The van der Waals surface area contributed by atoms with Crippen molar-refractivity contribution in [2.24, 2.45) is 0 Å². The van der Waals surface area contributed by atoms with Crippen LogP contribution in [0.4, 0.5) is 17.1 Å². The zero-order valence-electron chi connectivity index (χ0n) is 18.1. The lowest BCUT2D eigenvalue weighted by atomic mass is 10.0. The van der Waals surface area contributed by atoms with Crippen molar-refractivity contribution < 1.29 is 0 Å². The minimum Gasteiger partial charge on any atom is -0.308 e. The van der Waals surface area contributed by atoms with Crippen LogP contribution in [0.2, 0.25) is 13.1 Å². The smallest absolute Gasteiger partial charge is 0.117 e. The first kappa shape index (κ1) is 18.9. The third-order valence-corrected chi connectivity index (χ3v) is 10.4. The topological polar surface area (TPSA) is 27.0 Å². The second kappa shape index (κ2) is 6.81. The van der Waals surface area contributed by atoms with Gasteiger partial charge in [-0.1, -0.05) is 98.0 Å². The summed E-state index contributed by atoms with van der Waals surface area (Å²) in [5, 5.41) is 17.7. The van der Waals surface area contributed by atoms with Gasteiger partial charge in [-0.25, -0.2) is 0 Å². The first-order chi connectivity index (χ1) is 15.6. The molecule has 0 N–H and O–H groups in total. The first-order valence-corrected chi connectivity index (χ1v) is 13.9. The lowest BCUT2D eigenvalue weighted by Gasteiger charge is -2.42. The second-order valence-corrected chi connectivity index (χ2v) is 13.3. The molecule has 152 valence electrons. The van der Waals surface area contributed by atoms with Gasteiger partial charge in [0.2, 0.25) is 0 Å². The Morgan fingerprint density at radius 2 is 1.12 bits per heavy atom. The molecule has 0 fully saturated rings. The lowest BCUT2D eigenvalue weighted by Crippen LogP contribution is -2.58. The third kappa shape index (κ3) is 2.51. The normalized spacial score (nSPS) is 14.1. The molecular weight excluding hydrogens is 404 g/mol. The van der Waals surface area contributed by atoms with E-state index >= 15 is 0 Å². The number of nitriles is 1. The highest BCUT2D eigenvalue weighted by Gasteiger charge is 2.40. The fourth-order valence-corrected chi connectivity index (χ4v) is 8.23. The quantitative estimate of drug-likeness (QED) is 0.287. The predicted octanol–water partition coefficient (Wildman–Crippen LogP) is 6.47. The molecule has 0 spiro atoms. The molecule has 5 aromatic rings. The van der Waals surface area contributed by atoms with Crippen molar-refractivity contribution in [2.75, 3.05) is 4.90 Å². The van der Waals surface area contributed by atoms with E-state index in [-0.39, 0.29) is 0 Å². The monoisotopic (exact) mass is 426 g/mol. The van der Waals surface area contributed by atoms with Gasteiger partial charge in [-0.3, -0.25) is 0 Å². The molecule has 1 heterocycles. The molecule has 0 aliphatic carbocycles. The molecule has 1 aliphatic heterocycles. The van der Waals surface area contributed by atoms with Crippen LogP contribution in [0.3, 0.4) is 0 Å². The molecule has 0 bridgehead atoms. The van der Waals surface area contributed by atoms with E-state index in [2.05, 4.69) is 103 Å². The summed E-state index contributed by atoms with van der Waals surface area (Å²) in [5.41, 5.74) is 4.08. The molecular formula is C29H22N2Si. The summed E-state index contributed by atoms with van der Waals surface area (Å²) in [5.74, 6) is 0. The van der Waals surface area contributed by atoms with Gasteiger partial charge in [-0.15, -0.1) is 0 Å². The van der Waals surface area contributed by atoms with Gasteiger partial charge in [-0.2, -0.15) is 5.26 Å². The van der Waals surface area contributed by atoms with E-state index in [4.69, 9.17) is 0 Å². The van der Waals surface area contributed by atoms with Crippen LogP contribution < -0.4 is 15.3 Å². The zero-order chi connectivity index (χ0) is 21.9. The highest BCUT2D eigenvalue weighted by Crippen LogP contribution is 2.45. The molecule has 0 amide bonds. The standard InChI is InChI=1S/C29H22N2Si/c1-32(2)26-17-15-20-9-3-6-12-23(20)28(26)31(25-14-8-5-11-22(25)19-30)29-24-13-7-4-10-21(24)16-18-27(29)32/h3-18H,1-2H3. The second-order valence-electron chi connectivity index (χ2n) is 8.96. The number of para-hydroxylation sites is 1. The summed E-state index contributed by atoms with van der Waals surface area (Å²) in [6.45, 7) is 4.89. The maximum absolute atomic E-state index is 10.0. The Labute approximate surface area is 189 Å². The van der Waals surface area contributed by atoms with Gasteiger partial charge in [0.05, 0.1) is 22.6 Å². The van der Waals surface area contributed by atoms with Gasteiger partial charge in [0, 0.05) is 10.8 Å². The molecule has 0 radical (unpaired) electrons. The molecule has 2 nitrogen and oxygen atoms in total. The summed E-state index contributed by atoms with van der Waals surface area (Å²) in [6, 6.07) is 36.8. The minimum absolute atomic E-state index is 0.687. The van der Waals surface area contributed by atoms with Gasteiger partial charge < -0.3 is 4.90 Å². The summed E-state index contributed by atoms with van der Waals surface area (Å²) >= 11 is 0. The highest BCUT2D eigenvalue weighted by molar-refractivity contribution is 7.03. The Kier molecular flexibility index (Phi) is 4.02. The third-order valence-electron chi connectivity index (χ3n) is 6.86. The van der Waals surface area contributed by atoms with E-state index in [1.165, 1.54) is 43.3 Å². The summed E-state index contributed by atoms with van der Waals surface area (Å²) in [7, 11) is -1.99. The summed E-state index contributed by atoms with van der Waals surface area (Å²) in [4.78, 5) is 2.37. The average Bonchev–Trinajstić information content (AvgIpc) is 2.84. The molecule has 0 aromatic heterocycles. The van der Waals surface area contributed by atoms with Gasteiger partial charge in [-0.05, 0) is 33.3 Å². The van der Waals surface area contributed by atoms with Crippen molar-refractivity contribution in [1.82, 2.24) is 0 Å². The van der Waals surface area contributed by atoms with Crippen molar-refractivity contribution in [2.45, 2.75) is 13.1 Å². The van der Waals surface area contributed by atoms with E-state index in [1.54, 1.807) is 0 Å². The van der Waals surface area contributed by atoms with Crippen LogP contribution in [0.25, 0.3) is 21.5 Å². The Morgan fingerprint density at radius 1 is 0.625 bits per heavy atom. The van der Waals surface area contributed by atoms with Crippen molar-refractivity contribution in [3.63, 3.8) is 0 Å². The Hall–Kier alpha value is -3.87. The van der Waals surface area contributed by atoms with E-state index in [0.29, 0.717) is 5.56 Å². The van der Waals surface area contributed by atoms with Gasteiger partial charge in [0.1, 0.15) is 14.1 Å². The maximum Gasteiger partial charge on any atom is 0.117 e. The number of hydrogen-bond donors (Lipinski definition) is 0. The Balaban J connectivity index is 1.85. The maximum atomic E-state index is 10.0. The molecule has 0 saturated heterocycles. The Morgan fingerprint density at radius 3 is 1.69 bits per heavy atom. The molecule has 32 heavy (non-hydrogen) atoms. The van der Waals surface area contributed by atoms with Crippen LogP contribution in [0, 0.1) is 11.3 Å². The molecule has 5 aromatic carbocycles. The highest BCUT2D eigenvalue weighted by atomic mass is 28.3. The SMILES string of the molecule is C[Si]1(C)c2ccc3ccccc3c2N(c2ccccc2C#N)c2c1ccc1ccccc21. The van der Waals surface area contributed by atoms with E-state index < -0.39 is 8.07 Å². The number of rotatable bonds is 1. The molecule has 6 rings (SSSR count). The fraction of sp³-hybridized carbons (Fsp3) is 0.0690. The van der Waals surface area contributed by atoms with Crippen LogP contribution in [-0.2, 0) is 0 Å². The van der Waals surface area contributed by atoms with E-state index in [9.17, 15) is 5.26 Å². The Bertz CT molecular complexity index is 1490. The number of nitrogens with zero attached hydrogens (tertiary/aromatic N) is 2. The average molecular weight is 427 g/mol. The fourth-order valence-electron chi connectivity index (χ4n) is 5.26. The molecule has 0 unspecified atom stereocenters. The van der Waals surface area contributed by atoms with Crippen molar-refractivity contribution in [3.05, 3.63) is 103 Å². The lowest BCUT2D eigenvalue weighted by molar-refractivity contribution is 1.30. The largest absolute Gasteiger partial charge is 0.308 e. The number of fused-ring (bicyclic) bond motifs is 6. The van der Waals surface area contributed by atoms with Crippen molar-refractivity contribution in [3.8, 4) is 6.07 Å². The first-order valence-electron chi connectivity index (χ1n) is 10.9. The number of anilines is 3. The molecule has 1 aliphatic rings. The van der Waals surface area contributed by atoms with Crippen molar-refractivity contribution >= 4 is 57.1 Å². The van der Waals surface area contributed by atoms with Gasteiger partial charge in [0.25, 0.3) is 0 Å². The van der Waals surface area contributed by atoms with Gasteiger partial charge >= 0.3 is 0 Å². The summed E-state index contributed by atoms with van der Waals surface area (Å²) < 4.78 is 0. The molecule has 0 atom stereocenters. The van der Waals surface area contributed by atoms with E-state index in [1.807, 2.05) is 18.2 Å². The molecule has 0 saturated carbocycles. The minimum atomic E-state index is -1.99. The van der Waals surface area contributed by atoms with Crippen LogP contribution in [0.5, 0.6) is 0 Å². The zero-order valence-corrected chi connectivity index (χ0v) is 19.1. The van der Waals surface area contributed by atoms with Crippen LogP contribution in [0.1, 0.15) is 5.56 Å². The van der Waals surface area contributed by atoms with Gasteiger partial charge in [0.15, 0.2) is 0 Å². The molecule has 3 heteroatoms. The van der Waals surface area contributed by atoms with Crippen LogP contribution in [0.15, 0.2) is 97.1 Å². The number of benzene rings is 5. The van der Waals surface area contributed by atoms with Crippen LogP contribution >= 0.6 is 0 Å². The van der Waals surface area contributed by atoms with E-state index in [0.717, 1.165) is 5.69 Å². The van der Waals surface area contributed by atoms with Crippen molar-refractivity contribution in [1.29, 1.82) is 5.26 Å². The predicted molar refractivity (Wildman–Crippen MR) is 138 cm³/mol. The van der Waals surface area contributed by atoms with Crippen LogP contribution in [-0.4, -0.2) is 8.07 Å².